The summed E-state index contributed by atoms with van der Waals surface area (Å²) in [4.78, 5) is 0. The molecule has 0 spiro atoms. The fourth-order valence-electron chi connectivity index (χ4n) is 6.15. The van der Waals surface area contributed by atoms with E-state index < -0.39 is 0 Å². The summed E-state index contributed by atoms with van der Waals surface area (Å²) >= 11 is 0. The van der Waals surface area contributed by atoms with Crippen LogP contribution in [-0.2, 0) is 6.42 Å². The van der Waals surface area contributed by atoms with Crippen LogP contribution >= 0.6 is 0 Å². The number of aliphatic hydroxyl groups excluding tert-OH is 1. The molecule has 1 aromatic rings. The second-order valence-electron chi connectivity index (χ2n) is 8.54. The van der Waals surface area contributed by atoms with E-state index in [0.29, 0.717) is 5.41 Å². The first-order valence-corrected chi connectivity index (χ1v) is 9.27. The second-order valence-corrected chi connectivity index (χ2v) is 8.54. The SMILES string of the molecule is Cc1ccc2c(c1C)CC[C@@H]1[C@@H]2CC[C@H]2C[C@@H](O)CC[C@@]21C. The van der Waals surface area contributed by atoms with E-state index in [1.54, 1.807) is 16.7 Å². The van der Waals surface area contributed by atoms with Gasteiger partial charge in [0.1, 0.15) is 0 Å². The monoisotopic (exact) mass is 298 g/mol. The van der Waals surface area contributed by atoms with Gasteiger partial charge in [-0.1, -0.05) is 19.1 Å². The van der Waals surface area contributed by atoms with Gasteiger partial charge in [-0.25, -0.2) is 0 Å². The highest BCUT2D eigenvalue weighted by atomic mass is 16.3. The number of aryl methyl sites for hydroxylation is 1. The molecule has 3 aliphatic carbocycles. The quantitative estimate of drug-likeness (QED) is 0.721. The van der Waals surface area contributed by atoms with Crippen molar-refractivity contribution in [1.29, 1.82) is 0 Å². The first-order chi connectivity index (χ1) is 10.5. The predicted molar refractivity (Wildman–Crippen MR) is 91.2 cm³/mol. The summed E-state index contributed by atoms with van der Waals surface area (Å²) in [6.45, 7) is 7.12. The fraction of sp³-hybridized carbons (Fsp3) is 0.714. The molecule has 1 aromatic carbocycles. The van der Waals surface area contributed by atoms with E-state index >= 15 is 0 Å². The molecule has 5 atom stereocenters. The van der Waals surface area contributed by atoms with Gasteiger partial charge in [-0.3, -0.25) is 0 Å². The van der Waals surface area contributed by atoms with Gasteiger partial charge in [-0.15, -0.1) is 0 Å². The van der Waals surface area contributed by atoms with Crippen molar-refractivity contribution in [1.82, 2.24) is 0 Å². The third-order valence-electron chi connectivity index (χ3n) is 7.67. The van der Waals surface area contributed by atoms with Crippen molar-refractivity contribution in [3.05, 3.63) is 34.4 Å². The summed E-state index contributed by atoms with van der Waals surface area (Å²) in [6, 6.07) is 4.78. The Kier molecular flexibility index (Phi) is 3.41. The van der Waals surface area contributed by atoms with Crippen LogP contribution in [0.2, 0.25) is 0 Å². The lowest BCUT2D eigenvalue weighted by molar-refractivity contribution is -0.0606. The highest BCUT2D eigenvalue weighted by Crippen LogP contribution is 2.60. The van der Waals surface area contributed by atoms with Gasteiger partial charge in [-0.05, 0) is 104 Å². The number of hydrogen-bond acceptors (Lipinski definition) is 1. The standard InChI is InChI=1S/C21H30O/c1-13-4-6-18-17(14(13)2)8-9-20-19(18)7-5-15-12-16(22)10-11-21(15,20)3/h4,6,15-16,19-20,22H,5,7-12H2,1-3H3/t15-,16-,19+,20+,21-/m0/s1. The van der Waals surface area contributed by atoms with Crippen LogP contribution in [0.4, 0.5) is 0 Å². The Morgan fingerprint density at radius 1 is 1.09 bits per heavy atom. The molecule has 1 heteroatoms. The minimum absolute atomic E-state index is 0.0320. The van der Waals surface area contributed by atoms with E-state index in [0.717, 1.165) is 30.6 Å². The summed E-state index contributed by atoms with van der Waals surface area (Å²) in [6.07, 6.45) is 8.58. The molecular formula is C21H30O. The zero-order valence-corrected chi connectivity index (χ0v) is 14.4. The molecule has 2 saturated carbocycles. The van der Waals surface area contributed by atoms with Gasteiger partial charge in [0.15, 0.2) is 0 Å². The Bertz CT molecular complexity index is 590. The first kappa shape index (κ1) is 14.8. The van der Waals surface area contributed by atoms with E-state index in [-0.39, 0.29) is 6.10 Å². The van der Waals surface area contributed by atoms with Crippen molar-refractivity contribution in [2.45, 2.75) is 77.7 Å². The zero-order chi connectivity index (χ0) is 15.5. The van der Waals surface area contributed by atoms with E-state index in [1.807, 2.05) is 0 Å². The highest BCUT2D eigenvalue weighted by molar-refractivity contribution is 5.44. The van der Waals surface area contributed by atoms with Gasteiger partial charge >= 0.3 is 0 Å². The van der Waals surface area contributed by atoms with Crippen molar-refractivity contribution in [2.75, 3.05) is 0 Å². The van der Waals surface area contributed by atoms with E-state index in [9.17, 15) is 5.11 Å². The summed E-state index contributed by atoms with van der Waals surface area (Å²) in [5, 5.41) is 10.1. The molecule has 4 rings (SSSR count). The van der Waals surface area contributed by atoms with Crippen molar-refractivity contribution in [2.24, 2.45) is 17.3 Å². The highest BCUT2D eigenvalue weighted by Gasteiger charge is 2.51. The number of hydrogen-bond donors (Lipinski definition) is 1. The van der Waals surface area contributed by atoms with Crippen LogP contribution in [0.3, 0.4) is 0 Å². The van der Waals surface area contributed by atoms with Gasteiger partial charge in [0.25, 0.3) is 0 Å². The summed E-state index contributed by atoms with van der Waals surface area (Å²) in [7, 11) is 0. The van der Waals surface area contributed by atoms with Gasteiger partial charge in [0.2, 0.25) is 0 Å². The number of benzene rings is 1. The zero-order valence-electron chi connectivity index (χ0n) is 14.4. The van der Waals surface area contributed by atoms with Gasteiger partial charge in [0.05, 0.1) is 6.10 Å². The van der Waals surface area contributed by atoms with Crippen LogP contribution in [0, 0.1) is 31.1 Å². The lowest BCUT2D eigenvalue weighted by Crippen LogP contribution is -2.48. The average Bonchev–Trinajstić information content (AvgIpc) is 2.51. The Balaban J connectivity index is 1.72. The van der Waals surface area contributed by atoms with E-state index in [2.05, 4.69) is 32.9 Å². The molecule has 22 heavy (non-hydrogen) atoms. The molecule has 1 nitrogen and oxygen atoms in total. The van der Waals surface area contributed by atoms with Gasteiger partial charge in [-0.2, -0.15) is 0 Å². The molecule has 0 heterocycles. The molecule has 0 amide bonds. The molecule has 0 aliphatic heterocycles. The normalized spacial score (nSPS) is 40.5. The molecule has 0 bridgehead atoms. The minimum atomic E-state index is -0.0320. The maximum Gasteiger partial charge on any atom is 0.0543 e. The van der Waals surface area contributed by atoms with Crippen LogP contribution in [0.25, 0.3) is 0 Å². The van der Waals surface area contributed by atoms with Gasteiger partial charge in [0, 0.05) is 0 Å². The number of fused-ring (bicyclic) bond motifs is 5. The number of rotatable bonds is 0. The van der Waals surface area contributed by atoms with Gasteiger partial charge < -0.3 is 5.11 Å². The molecule has 0 saturated heterocycles. The Morgan fingerprint density at radius 3 is 2.73 bits per heavy atom. The second kappa shape index (κ2) is 5.09. The van der Waals surface area contributed by atoms with Crippen LogP contribution < -0.4 is 0 Å². The topological polar surface area (TPSA) is 20.2 Å². The average molecular weight is 298 g/mol. The summed E-state index contributed by atoms with van der Waals surface area (Å²) in [5.41, 5.74) is 6.81. The Morgan fingerprint density at radius 2 is 1.91 bits per heavy atom. The van der Waals surface area contributed by atoms with Crippen molar-refractivity contribution < 1.29 is 5.11 Å². The fourth-order valence-corrected chi connectivity index (χ4v) is 6.15. The van der Waals surface area contributed by atoms with Crippen molar-refractivity contribution in [3.8, 4) is 0 Å². The van der Waals surface area contributed by atoms with Crippen LogP contribution in [0.5, 0.6) is 0 Å². The van der Waals surface area contributed by atoms with E-state index in [4.69, 9.17) is 0 Å². The largest absolute Gasteiger partial charge is 0.393 e. The minimum Gasteiger partial charge on any atom is -0.393 e. The lowest BCUT2D eigenvalue weighted by Gasteiger charge is -2.56. The molecule has 120 valence electrons. The van der Waals surface area contributed by atoms with Crippen LogP contribution in [0.1, 0.15) is 73.6 Å². The Hall–Kier alpha value is -0.820. The van der Waals surface area contributed by atoms with Crippen molar-refractivity contribution >= 4 is 0 Å². The van der Waals surface area contributed by atoms with Crippen LogP contribution in [-0.4, -0.2) is 11.2 Å². The number of aliphatic hydroxyl groups is 1. The van der Waals surface area contributed by atoms with Crippen LogP contribution in [0.15, 0.2) is 12.1 Å². The molecule has 3 aliphatic rings. The molecule has 0 unspecified atom stereocenters. The molecule has 1 N–H and O–H groups in total. The lowest BCUT2D eigenvalue weighted by atomic mass is 9.49. The molecule has 0 aromatic heterocycles. The predicted octanol–water partition coefficient (Wildman–Crippen LogP) is 4.91. The first-order valence-electron chi connectivity index (χ1n) is 9.27. The molecular weight excluding hydrogens is 268 g/mol. The smallest absolute Gasteiger partial charge is 0.0543 e. The third kappa shape index (κ3) is 2.01. The molecule has 2 fully saturated rings. The third-order valence-corrected chi connectivity index (χ3v) is 7.67. The van der Waals surface area contributed by atoms with E-state index in [1.165, 1.54) is 37.7 Å². The Labute approximate surface area is 135 Å². The molecule has 0 radical (unpaired) electrons. The van der Waals surface area contributed by atoms with Crippen molar-refractivity contribution in [3.63, 3.8) is 0 Å². The summed E-state index contributed by atoms with van der Waals surface area (Å²) < 4.78 is 0. The maximum absolute atomic E-state index is 10.1. The maximum atomic E-state index is 10.1. The summed E-state index contributed by atoms with van der Waals surface area (Å²) in [5.74, 6) is 2.37.